The number of pyridine rings is 2. The third-order valence-electron chi connectivity index (χ3n) is 4.24. The van der Waals surface area contributed by atoms with E-state index in [0.29, 0.717) is 26.2 Å². The summed E-state index contributed by atoms with van der Waals surface area (Å²) in [7, 11) is 0. The van der Waals surface area contributed by atoms with Gasteiger partial charge in [-0.3, -0.25) is 9.59 Å². The average Bonchev–Trinajstić information content (AvgIpc) is 2.63. The van der Waals surface area contributed by atoms with Crippen molar-refractivity contribution in [1.82, 2.24) is 14.5 Å². The van der Waals surface area contributed by atoms with Gasteiger partial charge in [-0.1, -0.05) is 6.07 Å². The number of carbonyl (C=O) groups is 1. The topological polar surface area (TPSA) is 58.4 Å². The molecule has 138 valence electrons. The predicted octanol–water partition coefficient (Wildman–Crippen LogP) is 1.61. The molecule has 1 aliphatic heterocycles. The van der Waals surface area contributed by atoms with E-state index in [0.717, 1.165) is 22.5 Å². The van der Waals surface area contributed by atoms with Crippen molar-refractivity contribution in [3.8, 4) is 0 Å². The van der Waals surface area contributed by atoms with Crippen molar-refractivity contribution >= 4 is 11.7 Å². The van der Waals surface area contributed by atoms with Crippen LogP contribution in [-0.4, -0.2) is 46.5 Å². The Bertz CT molecular complexity index is 828. The smallest absolute Gasteiger partial charge is 0.353 e. The van der Waals surface area contributed by atoms with Crippen molar-refractivity contribution in [2.75, 3.05) is 31.1 Å². The summed E-state index contributed by atoms with van der Waals surface area (Å²) >= 11 is 0. The molecular formula is C17H17F3N4O2. The van der Waals surface area contributed by atoms with E-state index in [2.05, 4.69) is 4.98 Å². The number of halogens is 3. The van der Waals surface area contributed by atoms with Gasteiger partial charge in [0.25, 0.3) is 5.56 Å². The fourth-order valence-electron chi connectivity index (χ4n) is 2.85. The molecule has 0 atom stereocenters. The minimum Gasteiger partial charge on any atom is -0.353 e. The van der Waals surface area contributed by atoms with Gasteiger partial charge in [-0.15, -0.1) is 0 Å². The van der Waals surface area contributed by atoms with E-state index in [9.17, 15) is 22.8 Å². The molecule has 1 fully saturated rings. The predicted molar refractivity (Wildman–Crippen MR) is 88.7 cm³/mol. The van der Waals surface area contributed by atoms with Gasteiger partial charge in [0.1, 0.15) is 17.9 Å². The lowest BCUT2D eigenvalue weighted by atomic mass is 10.2. The van der Waals surface area contributed by atoms with Gasteiger partial charge in [0.15, 0.2) is 0 Å². The zero-order valence-corrected chi connectivity index (χ0v) is 13.8. The zero-order chi connectivity index (χ0) is 18.7. The molecule has 1 aliphatic rings. The number of anilines is 1. The first-order valence-corrected chi connectivity index (χ1v) is 8.06. The minimum absolute atomic E-state index is 0.382. The summed E-state index contributed by atoms with van der Waals surface area (Å²) in [6.07, 6.45) is -1.86. The monoisotopic (exact) mass is 366 g/mol. The van der Waals surface area contributed by atoms with Gasteiger partial charge in [0.2, 0.25) is 5.91 Å². The number of amides is 1. The maximum absolute atomic E-state index is 12.8. The molecule has 9 heteroatoms. The van der Waals surface area contributed by atoms with Gasteiger partial charge in [-0.25, -0.2) is 4.98 Å². The first-order chi connectivity index (χ1) is 12.4. The molecule has 0 aromatic carbocycles. The number of piperazine rings is 1. The summed E-state index contributed by atoms with van der Waals surface area (Å²) in [4.78, 5) is 32.1. The summed E-state index contributed by atoms with van der Waals surface area (Å²) in [6.45, 7) is 1.57. The van der Waals surface area contributed by atoms with Crippen molar-refractivity contribution in [2.45, 2.75) is 12.7 Å². The highest BCUT2D eigenvalue weighted by atomic mass is 19.4. The quantitative estimate of drug-likeness (QED) is 0.828. The first-order valence-electron chi connectivity index (χ1n) is 8.06. The largest absolute Gasteiger partial charge is 0.421 e. The molecule has 0 saturated carbocycles. The van der Waals surface area contributed by atoms with Gasteiger partial charge in [-0.2, -0.15) is 13.2 Å². The van der Waals surface area contributed by atoms with Crippen LogP contribution in [0.3, 0.4) is 0 Å². The molecule has 0 aliphatic carbocycles. The molecule has 2 aromatic rings. The standard InChI is InChI=1S/C17H17F3N4O2/c18-17(19,20)13-4-3-7-24(16(13)26)12-15(25)23-10-8-22(9-11-23)14-5-1-2-6-21-14/h1-7H,8-12H2. The van der Waals surface area contributed by atoms with Crippen LogP contribution in [0.5, 0.6) is 0 Å². The van der Waals surface area contributed by atoms with E-state index in [1.165, 1.54) is 6.20 Å². The zero-order valence-electron chi connectivity index (χ0n) is 13.8. The molecule has 3 rings (SSSR count). The number of hydrogen-bond donors (Lipinski definition) is 0. The number of rotatable bonds is 3. The lowest BCUT2D eigenvalue weighted by Crippen LogP contribution is -2.50. The van der Waals surface area contributed by atoms with Gasteiger partial charge >= 0.3 is 6.18 Å². The molecule has 0 N–H and O–H groups in total. The fraction of sp³-hybridized carbons (Fsp3) is 0.353. The maximum atomic E-state index is 12.8. The van der Waals surface area contributed by atoms with Crippen molar-refractivity contribution in [1.29, 1.82) is 0 Å². The minimum atomic E-state index is -4.74. The Morgan fingerprint density at radius 2 is 1.81 bits per heavy atom. The second-order valence-corrected chi connectivity index (χ2v) is 5.91. The van der Waals surface area contributed by atoms with E-state index in [1.54, 1.807) is 11.1 Å². The second-order valence-electron chi connectivity index (χ2n) is 5.91. The van der Waals surface area contributed by atoms with Crippen LogP contribution in [-0.2, 0) is 17.5 Å². The molecule has 2 aromatic heterocycles. The lowest BCUT2D eigenvalue weighted by Gasteiger charge is -2.35. The number of carbonyl (C=O) groups excluding carboxylic acids is 1. The van der Waals surface area contributed by atoms with Crippen molar-refractivity contribution < 1.29 is 18.0 Å². The highest BCUT2D eigenvalue weighted by molar-refractivity contribution is 5.76. The molecular weight excluding hydrogens is 349 g/mol. The summed E-state index contributed by atoms with van der Waals surface area (Å²) in [6, 6.07) is 7.40. The molecule has 3 heterocycles. The fourth-order valence-corrected chi connectivity index (χ4v) is 2.85. The van der Waals surface area contributed by atoms with Crippen LogP contribution in [0.1, 0.15) is 5.56 Å². The highest BCUT2D eigenvalue weighted by Crippen LogP contribution is 2.26. The van der Waals surface area contributed by atoms with E-state index in [1.807, 2.05) is 23.1 Å². The van der Waals surface area contributed by atoms with Crippen molar-refractivity contribution in [3.05, 3.63) is 58.6 Å². The van der Waals surface area contributed by atoms with Gasteiger partial charge in [-0.05, 0) is 24.3 Å². The Balaban J connectivity index is 1.64. The van der Waals surface area contributed by atoms with Crippen LogP contribution in [0, 0.1) is 0 Å². The van der Waals surface area contributed by atoms with Gasteiger partial charge in [0, 0.05) is 38.6 Å². The molecule has 0 spiro atoms. The summed E-state index contributed by atoms with van der Waals surface area (Å²) in [5.74, 6) is 0.431. The molecule has 0 bridgehead atoms. The molecule has 6 nitrogen and oxygen atoms in total. The lowest BCUT2D eigenvalue weighted by molar-refractivity contribution is -0.139. The van der Waals surface area contributed by atoms with Crippen LogP contribution in [0.15, 0.2) is 47.5 Å². The maximum Gasteiger partial charge on any atom is 0.421 e. The van der Waals surface area contributed by atoms with E-state index < -0.39 is 23.8 Å². The Morgan fingerprint density at radius 3 is 2.42 bits per heavy atom. The number of nitrogens with zero attached hydrogens (tertiary/aromatic N) is 4. The van der Waals surface area contributed by atoms with E-state index in [-0.39, 0.29) is 5.91 Å². The first kappa shape index (κ1) is 18.0. The van der Waals surface area contributed by atoms with E-state index >= 15 is 0 Å². The average molecular weight is 366 g/mol. The Kier molecular flexibility index (Phi) is 4.97. The van der Waals surface area contributed by atoms with Crippen LogP contribution in [0.25, 0.3) is 0 Å². The van der Waals surface area contributed by atoms with Crippen LogP contribution < -0.4 is 10.5 Å². The molecule has 1 amide bonds. The van der Waals surface area contributed by atoms with Crippen molar-refractivity contribution in [2.24, 2.45) is 0 Å². The number of alkyl halides is 3. The van der Waals surface area contributed by atoms with Gasteiger partial charge < -0.3 is 14.4 Å². The number of hydrogen-bond acceptors (Lipinski definition) is 4. The number of aromatic nitrogens is 2. The highest BCUT2D eigenvalue weighted by Gasteiger charge is 2.34. The van der Waals surface area contributed by atoms with E-state index in [4.69, 9.17) is 0 Å². The second kappa shape index (κ2) is 7.19. The van der Waals surface area contributed by atoms with Crippen LogP contribution >= 0.6 is 0 Å². The third kappa shape index (κ3) is 3.87. The third-order valence-corrected chi connectivity index (χ3v) is 4.24. The summed E-state index contributed by atoms with van der Waals surface area (Å²) in [5, 5.41) is 0. The Hall–Kier alpha value is -2.84. The summed E-state index contributed by atoms with van der Waals surface area (Å²) in [5.41, 5.74) is -2.48. The Labute approximate surface area is 147 Å². The molecule has 26 heavy (non-hydrogen) atoms. The molecule has 1 saturated heterocycles. The Morgan fingerprint density at radius 1 is 1.08 bits per heavy atom. The van der Waals surface area contributed by atoms with Crippen molar-refractivity contribution in [3.63, 3.8) is 0 Å². The van der Waals surface area contributed by atoms with Crippen LogP contribution in [0.4, 0.5) is 19.0 Å². The van der Waals surface area contributed by atoms with Crippen LogP contribution in [0.2, 0.25) is 0 Å². The van der Waals surface area contributed by atoms with Gasteiger partial charge in [0.05, 0.1) is 0 Å². The molecule has 0 radical (unpaired) electrons. The summed E-state index contributed by atoms with van der Waals surface area (Å²) < 4.78 is 39.2. The normalized spacial score (nSPS) is 15.2. The molecule has 0 unspecified atom stereocenters. The SMILES string of the molecule is O=C(Cn1cccc(C(F)(F)F)c1=O)N1CCN(c2ccccn2)CC1.